The lowest BCUT2D eigenvalue weighted by Crippen LogP contribution is -2.30. The molecule has 0 radical (unpaired) electrons. The number of amides is 4. The zero-order valence-corrected chi connectivity index (χ0v) is 16.7. The fraction of sp³-hybridized carbons (Fsp3) is 0.0435. The molecular formula is C23H18FN5O3. The number of imide groups is 1. The molecule has 0 aliphatic carbocycles. The number of carbonyl (C=O) groups excluding carboxylic acids is 3. The Hall–Kier alpha value is -4.53. The summed E-state index contributed by atoms with van der Waals surface area (Å²) in [6.45, 7) is 0.0435. The second kappa shape index (κ2) is 8.68. The van der Waals surface area contributed by atoms with Crippen LogP contribution < -0.4 is 16.4 Å². The third kappa shape index (κ3) is 4.46. The Bertz CT molecular complexity index is 1230. The molecule has 2 aromatic carbocycles. The number of carbonyl (C=O) groups is 3. The molecule has 0 unspecified atom stereocenters. The van der Waals surface area contributed by atoms with Crippen molar-refractivity contribution in [3.8, 4) is 0 Å². The number of halogens is 1. The molecule has 1 aromatic heterocycles. The number of benzene rings is 2. The van der Waals surface area contributed by atoms with Crippen LogP contribution in [0.15, 0.2) is 72.7 Å². The number of nitrogens with two attached hydrogens (primary N) is 1. The third-order valence-corrected chi connectivity index (χ3v) is 4.78. The zero-order chi connectivity index (χ0) is 22.7. The van der Waals surface area contributed by atoms with Crippen molar-refractivity contribution in [3.63, 3.8) is 0 Å². The highest BCUT2D eigenvalue weighted by molar-refractivity contribution is 6.13. The Morgan fingerprint density at radius 3 is 2.62 bits per heavy atom. The van der Waals surface area contributed by atoms with Gasteiger partial charge in [-0.1, -0.05) is 18.2 Å². The molecule has 4 rings (SSSR count). The number of nitrogens with zero attached hydrogens (tertiary/aromatic N) is 2. The Morgan fingerprint density at radius 2 is 1.94 bits per heavy atom. The maximum absolute atomic E-state index is 13.2. The van der Waals surface area contributed by atoms with Gasteiger partial charge in [-0.2, -0.15) is 0 Å². The van der Waals surface area contributed by atoms with Gasteiger partial charge in [-0.05, 0) is 53.6 Å². The second-order valence-corrected chi connectivity index (χ2v) is 7.05. The minimum atomic E-state index is -0.529. The van der Waals surface area contributed by atoms with Gasteiger partial charge in [-0.25, -0.2) is 9.18 Å². The van der Waals surface area contributed by atoms with Crippen LogP contribution in [0, 0.1) is 5.82 Å². The van der Waals surface area contributed by atoms with Gasteiger partial charge in [0.1, 0.15) is 11.5 Å². The minimum Gasteiger partial charge on any atom is -0.397 e. The standard InChI is InChI=1S/C23H18FN5O3/c24-17-7-8-19(18(25)11-17)27-21(30)16-5-3-14(4-6-16)13-29-22(31)20(28-23(29)32)10-15-2-1-9-26-12-15/h1-12H,13,25H2,(H,27,30)(H,28,32)/b20-10-. The Labute approximate surface area is 182 Å². The Morgan fingerprint density at radius 1 is 1.16 bits per heavy atom. The molecule has 0 saturated carbocycles. The molecular weight excluding hydrogens is 413 g/mol. The monoisotopic (exact) mass is 431 g/mol. The largest absolute Gasteiger partial charge is 0.397 e. The molecule has 1 fully saturated rings. The van der Waals surface area contributed by atoms with Crippen molar-refractivity contribution in [2.45, 2.75) is 6.54 Å². The van der Waals surface area contributed by atoms with E-state index < -0.39 is 23.7 Å². The van der Waals surface area contributed by atoms with E-state index in [0.717, 1.165) is 11.0 Å². The van der Waals surface area contributed by atoms with E-state index in [0.29, 0.717) is 22.4 Å². The van der Waals surface area contributed by atoms with Crippen molar-refractivity contribution in [1.82, 2.24) is 15.2 Å². The van der Waals surface area contributed by atoms with E-state index >= 15 is 0 Å². The van der Waals surface area contributed by atoms with Crippen LogP contribution in [0.3, 0.4) is 0 Å². The van der Waals surface area contributed by atoms with Gasteiger partial charge in [0.2, 0.25) is 0 Å². The van der Waals surface area contributed by atoms with Crippen molar-refractivity contribution in [2.75, 3.05) is 11.1 Å². The molecule has 0 atom stereocenters. The van der Waals surface area contributed by atoms with E-state index in [1.54, 1.807) is 54.9 Å². The van der Waals surface area contributed by atoms with E-state index in [-0.39, 0.29) is 17.9 Å². The number of rotatable bonds is 5. The molecule has 32 heavy (non-hydrogen) atoms. The smallest absolute Gasteiger partial charge is 0.329 e. The normalized spacial score (nSPS) is 14.5. The maximum atomic E-state index is 13.2. The van der Waals surface area contributed by atoms with Gasteiger partial charge in [-0.15, -0.1) is 0 Å². The number of aromatic nitrogens is 1. The van der Waals surface area contributed by atoms with Crippen molar-refractivity contribution >= 4 is 35.3 Å². The first-order valence-corrected chi connectivity index (χ1v) is 9.60. The SMILES string of the molecule is Nc1cc(F)ccc1NC(=O)c1ccc(CN2C(=O)N/C(=C\c3cccnc3)C2=O)cc1. The van der Waals surface area contributed by atoms with E-state index in [1.165, 1.54) is 12.1 Å². The second-order valence-electron chi connectivity index (χ2n) is 7.05. The fourth-order valence-electron chi connectivity index (χ4n) is 3.13. The summed E-state index contributed by atoms with van der Waals surface area (Å²) in [4.78, 5) is 42.4. The van der Waals surface area contributed by atoms with Gasteiger partial charge in [0.05, 0.1) is 17.9 Å². The molecule has 8 nitrogen and oxygen atoms in total. The lowest BCUT2D eigenvalue weighted by atomic mass is 10.1. The topological polar surface area (TPSA) is 117 Å². The van der Waals surface area contributed by atoms with Gasteiger partial charge >= 0.3 is 6.03 Å². The van der Waals surface area contributed by atoms with Gasteiger partial charge in [0.15, 0.2) is 0 Å². The highest BCUT2D eigenvalue weighted by atomic mass is 19.1. The predicted molar refractivity (Wildman–Crippen MR) is 117 cm³/mol. The molecule has 3 aromatic rings. The first-order chi connectivity index (χ1) is 15.4. The van der Waals surface area contributed by atoms with Gasteiger partial charge in [0, 0.05) is 18.0 Å². The number of hydrogen-bond donors (Lipinski definition) is 3. The maximum Gasteiger partial charge on any atom is 0.329 e. The summed E-state index contributed by atoms with van der Waals surface area (Å²) in [7, 11) is 0. The Kier molecular flexibility index (Phi) is 5.63. The number of pyridine rings is 1. The average molecular weight is 431 g/mol. The van der Waals surface area contributed by atoms with Crippen molar-refractivity contribution in [2.24, 2.45) is 0 Å². The quantitative estimate of drug-likeness (QED) is 0.326. The third-order valence-electron chi connectivity index (χ3n) is 4.78. The van der Waals surface area contributed by atoms with Crippen LogP contribution in [0.25, 0.3) is 6.08 Å². The van der Waals surface area contributed by atoms with Crippen LogP contribution in [-0.4, -0.2) is 27.7 Å². The first-order valence-electron chi connectivity index (χ1n) is 9.60. The first kappa shape index (κ1) is 20.7. The van der Waals surface area contributed by atoms with Crippen LogP contribution in [0.5, 0.6) is 0 Å². The summed E-state index contributed by atoms with van der Waals surface area (Å²) in [5.41, 5.74) is 7.98. The fourth-order valence-corrected chi connectivity index (χ4v) is 3.13. The molecule has 0 bridgehead atoms. The summed E-state index contributed by atoms with van der Waals surface area (Å²) < 4.78 is 13.2. The van der Waals surface area contributed by atoms with Crippen LogP contribution >= 0.6 is 0 Å². The predicted octanol–water partition coefficient (Wildman–Crippen LogP) is 3.15. The van der Waals surface area contributed by atoms with Crippen LogP contribution in [0.1, 0.15) is 21.5 Å². The molecule has 1 saturated heterocycles. The molecule has 9 heteroatoms. The molecule has 0 spiro atoms. The highest BCUT2D eigenvalue weighted by Crippen LogP contribution is 2.21. The van der Waals surface area contributed by atoms with E-state index in [4.69, 9.17) is 5.73 Å². The number of nitrogens with one attached hydrogen (secondary N) is 2. The Balaban J connectivity index is 1.43. The van der Waals surface area contributed by atoms with Crippen molar-refractivity contribution in [3.05, 3.63) is 95.2 Å². The zero-order valence-electron chi connectivity index (χ0n) is 16.7. The van der Waals surface area contributed by atoms with E-state index in [9.17, 15) is 18.8 Å². The molecule has 160 valence electrons. The van der Waals surface area contributed by atoms with E-state index in [1.807, 2.05) is 0 Å². The lowest BCUT2D eigenvalue weighted by molar-refractivity contribution is -0.123. The van der Waals surface area contributed by atoms with Crippen LogP contribution in [0.4, 0.5) is 20.6 Å². The van der Waals surface area contributed by atoms with Gasteiger partial charge in [-0.3, -0.25) is 19.5 Å². The summed E-state index contributed by atoms with van der Waals surface area (Å²) >= 11 is 0. The van der Waals surface area contributed by atoms with Crippen molar-refractivity contribution < 1.29 is 18.8 Å². The van der Waals surface area contributed by atoms with Crippen LogP contribution in [0.2, 0.25) is 0 Å². The van der Waals surface area contributed by atoms with Crippen LogP contribution in [-0.2, 0) is 11.3 Å². The number of urea groups is 1. The number of nitrogen functional groups attached to an aromatic ring is 1. The van der Waals surface area contributed by atoms with E-state index in [2.05, 4.69) is 15.6 Å². The number of anilines is 2. The van der Waals surface area contributed by atoms with Crippen molar-refractivity contribution in [1.29, 1.82) is 0 Å². The minimum absolute atomic E-state index is 0.0435. The average Bonchev–Trinajstić information content (AvgIpc) is 3.04. The highest BCUT2D eigenvalue weighted by Gasteiger charge is 2.33. The number of hydrogen-bond acceptors (Lipinski definition) is 5. The molecule has 2 heterocycles. The summed E-state index contributed by atoms with van der Waals surface area (Å²) in [5, 5.41) is 5.17. The summed E-state index contributed by atoms with van der Waals surface area (Å²) in [5.74, 6) is -1.37. The molecule has 4 amide bonds. The van der Waals surface area contributed by atoms with Gasteiger partial charge in [0.25, 0.3) is 11.8 Å². The lowest BCUT2D eigenvalue weighted by Gasteiger charge is -2.12. The van der Waals surface area contributed by atoms with Gasteiger partial charge < -0.3 is 16.4 Å². The molecule has 4 N–H and O–H groups in total. The summed E-state index contributed by atoms with van der Waals surface area (Å²) in [6, 6.07) is 13.1. The molecule has 1 aliphatic rings. The summed E-state index contributed by atoms with van der Waals surface area (Å²) in [6.07, 6.45) is 4.75. The molecule has 1 aliphatic heterocycles.